The number of carbonyl (C=O) groups is 2. The fraction of sp³-hybridized carbons (Fsp3) is 0.481. The summed E-state index contributed by atoms with van der Waals surface area (Å²) in [5.41, 5.74) is 0.737. The van der Waals surface area contributed by atoms with Gasteiger partial charge in [-0.15, -0.1) is 0 Å². The number of nitrogens with zero attached hydrogens (tertiary/aromatic N) is 2. The minimum atomic E-state index is -0.885. The Bertz CT molecular complexity index is 1010. The molecule has 0 aromatic heterocycles. The summed E-state index contributed by atoms with van der Waals surface area (Å²) >= 11 is 12.5. The van der Waals surface area contributed by atoms with Gasteiger partial charge < -0.3 is 20.2 Å². The third-order valence-corrected chi connectivity index (χ3v) is 8.02. The Morgan fingerprint density at radius 3 is 2.37 bits per heavy atom. The quantitative estimate of drug-likeness (QED) is 0.513. The first kappa shape index (κ1) is 27.5. The summed E-state index contributed by atoms with van der Waals surface area (Å²) in [6.45, 7) is 5.76. The molecule has 1 heterocycles. The van der Waals surface area contributed by atoms with Crippen molar-refractivity contribution in [1.29, 1.82) is 0 Å². The fourth-order valence-electron chi connectivity index (χ4n) is 4.63. The van der Waals surface area contributed by atoms with Crippen LogP contribution in [0.2, 0.25) is 10.0 Å². The van der Waals surface area contributed by atoms with Gasteiger partial charge in [-0.2, -0.15) is 0 Å². The predicted octanol–water partition coefficient (Wildman–Crippen LogP) is 4.43. The van der Waals surface area contributed by atoms with Crippen LogP contribution in [-0.2, 0) is 15.0 Å². The molecule has 0 spiro atoms. The molecule has 2 atom stereocenters. The largest absolute Gasteiger partial charge is 0.394 e. The van der Waals surface area contributed by atoms with Gasteiger partial charge in [0.15, 0.2) is 0 Å². The van der Waals surface area contributed by atoms with Crippen LogP contribution in [0.25, 0.3) is 0 Å². The number of carbonyl (C=O) groups excluding carboxylic acids is 2. The number of amides is 2. The maximum absolute atomic E-state index is 13.7. The zero-order valence-corrected chi connectivity index (χ0v) is 22.1. The molecule has 2 N–H and O–H groups in total. The van der Waals surface area contributed by atoms with Crippen molar-refractivity contribution >= 4 is 35.0 Å². The van der Waals surface area contributed by atoms with Crippen LogP contribution in [0.1, 0.15) is 50.3 Å². The minimum Gasteiger partial charge on any atom is -0.394 e. The number of rotatable bonds is 9. The topological polar surface area (TPSA) is 72.9 Å². The number of hydrogen-bond donors (Lipinski definition) is 2. The highest BCUT2D eigenvalue weighted by Crippen LogP contribution is 2.34. The zero-order chi connectivity index (χ0) is 25.6. The molecule has 8 heteroatoms. The van der Waals surface area contributed by atoms with Gasteiger partial charge in [-0.25, -0.2) is 0 Å². The van der Waals surface area contributed by atoms with E-state index in [0.717, 1.165) is 43.6 Å². The molecule has 1 fully saturated rings. The number of halogens is 2. The van der Waals surface area contributed by atoms with E-state index in [1.807, 2.05) is 55.3 Å². The number of hydrogen-bond acceptors (Lipinski definition) is 4. The third-order valence-electron chi connectivity index (χ3n) is 7.28. The molecule has 0 aliphatic carbocycles. The average molecular weight is 521 g/mol. The Balaban J connectivity index is 1.77. The van der Waals surface area contributed by atoms with Gasteiger partial charge in [-0.3, -0.25) is 9.59 Å². The van der Waals surface area contributed by atoms with Crippen molar-refractivity contribution in [3.8, 4) is 0 Å². The number of likely N-dealkylation sites (tertiary alicyclic amines) is 1. The molecule has 190 valence electrons. The van der Waals surface area contributed by atoms with Crippen molar-refractivity contribution < 1.29 is 14.7 Å². The summed E-state index contributed by atoms with van der Waals surface area (Å²) in [6, 6.07) is 14.5. The normalized spacial score (nSPS) is 17.4. The van der Waals surface area contributed by atoms with E-state index in [9.17, 15) is 14.7 Å². The van der Waals surface area contributed by atoms with Crippen molar-refractivity contribution in [2.24, 2.45) is 0 Å². The van der Waals surface area contributed by atoms with Crippen LogP contribution < -0.4 is 5.32 Å². The molecule has 2 amide bonds. The zero-order valence-electron chi connectivity index (χ0n) is 20.6. The highest BCUT2D eigenvalue weighted by Gasteiger charge is 2.37. The number of aliphatic hydroxyl groups is 1. The first-order chi connectivity index (χ1) is 16.7. The molecule has 2 aromatic carbocycles. The average Bonchev–Trinajstić information content (AvgIpc) is 2.87. The number of aliphatic hydroxyl groups excluding tert-OH is 1. The van der Waals surface area contributed by atoms with Gasteiger partial charge in [0.05, 0.1) is 28.1 Å². The summed E-state index contributed by atoms with van der Waals surface area (Å²) in [4.78, 5) is 29.6. The molecular weight excluding hydrogens is 485 g/mol. The number of piperidine rings is 1. The van der Waals surface area contributed by atoms with Crippen LogP contribution in [0, 0.1) is 0 Å². The molecule has 35 heavy (non-hydrogen) atoms. The van der Waals surface area contributed by atoms with Crippen molar-refractivity contribution in [1.82, 2.24) is 15.1 Å². The highest BCUT2D eigenvalue weighted by molar-refractivity contribution is 6.42. The summed E-state index contributed by atoms with van der Waals surface area (Å²) in [7, 11) is 1.86. The third kappa shape index (κ3) is 6.76. The minimum absolute atomic E-state index is 0.0872. The van der Waals surface area contributed by atoms with E-state index in [-0.39, 0.29) is 24.5 Å². The highest BCUT2D eigenvalue weighted by atomic mass is 35.5. The molecule has 0 saturated carbocycles. The monoisotopic (exact) mass is 519 g/mol. The predicted molar refractivity (Wildman–Crippen MR) is 141 cm³/mol. The van der Waals surface area contributed by atoms with Gasteiger partial charge >= 0.3 is 0 Å². The summed E-state index contributed by atoms with van der Waals surface area (Å²) in [6.07, 6.45) is 2.38. The molecule has 1 aliphatic rings. The lowest BCUT2D eigenvalue weighted by atomic mass is 9.78. The lowest BCUT2D eigenvalue weighted by Crippen LogP contribution is -2.48. The molecule has 0 radical (unpaired) electrons. The first-order valence-corrected chi connectivity index (χ1v) is 12.8. The molecule has 1 unspecified atom stereocenters. The SMILES string of the molecule is CC(=O)N(C)C1CCN(CCC(C)(C(=O)N[C@H](CO)c2ccccc2)c2ccc(Cl)c(Cl)c2)CC1. The van der Waals surface area contributed by atoms with E-state index in [2.05, 4.69) is 10.2 Å². The second-order valence-corrected chi connectivity index (χ2v) is 10.3. The maximum Gasteiger partial charge on any atom is 0.230 e. The first-order valence-electron chi connectivity index (χ1n) is 12.0. The van der Waals surface area contributed by atoms with Gasteiger partial charge in [-0.05, 0) is 56.0 Å². The van der Waals surface area contributed by atoms with Gasteiger partial charge in [0.2, 0.25) is 11.8 Å². The Labute approximate surface area is 218 Å². The van der Waals surface area contributed by atoms with Crippen LogP contribution >= 0.6 is 23.2 Å². The summed E-state index contributed by atoms with van der Waals surface area (Å²) < 4.78 is 0. The van der Waals surface area contributed by atoms with Crippen molar-refractivity contribution in [3.63, 3.8) is 0 Å². The van der Waals surface area contributed by atoms with Crippen LogP contribution in [0.3, 0.4) is 0 Å². The Morgan fingerprint density at radius 1 is 1.14 bits per heavy atom. The van der Waals surface area contributed by atoms with Gasteiger partial charge in [0.1, 0.15) is 0 Å². The van der Waals surface area contributed by atoms with E-state index in [1.54, 1.807) is 19.1 Å². The van der Waals surface area contributed by atoms with Crippen molar-refractivity contribution in [3.05, 3.63) is 69.7 Å². The second-order valence-electron chi connectivity index (χ2n) is 9.53. The molecule has 6 nitrogen and oxygen atoms in total. The van der Waals surface area contributed by atoms with E-state index < -0.39 is 11.5 Å². The Hall–Kier alpha value is -2.12. The lowest BCUT2D eigenvalue weighted by molar-refractivity contribution is -0.131. The summed E-state index contributed by atoms with van der Waals surface area (Å²) in [5.74, 6) is -0.0887. The van der Waals surface area contributed by atoms with Crippen LogP contribution in [0.4, 0.5) is 0 Å². The van der Waals surface area contributed by atoms with Gasteiger partial charge in [0.25, 0.3) is 0 Å². The molecule has 1 aliphatic heterocycles. The fourth-order valence-corrected chi connectivity index (χ4v) is 4.93. The number of nitrogens with one attached hydrogen (secondary N) is 1. The second kappa shape index (κ2) is 12.2. The summed E-state index contributed by atoms with van der Waals surface area (Å²) in [5, 5.41) is 13.9. The Kier molecular flexibility index (Phi) is 9.59. The molecule has 0 bridgehead atoms. The van der Waals surface area contributed by atoms with Gasteiger partial charge in [-0.1, -0.05) is 59.6 Å². The van der Waals surface area contributed by atoms with E-state index in [4.69, 9.17) is 23.2 Å². The van der Waals surface area contributed by atoms with Crippen LogP contribution in [0.15, 0.2) is 48.5 Å². The van der Waals surface area contributed by atoms with Crippen LogP contribution in [-0.4, -0.2) is 66.1 Å². The van der Waals surface area contributed by atoms with Crippen LogP contribution in [0.5, 0.6) is 0 Å². The lowest BCUT2D eigenvalue weighted by Gasteiger charge is -2.38. The molecule has 1 saturated heterocycles. The van der Waals surface area contributed by atoms with E-state index in [0.29, 0.717) is 16.5 Å². The molecule has 2 aromatic rings. The maximum atomic E-state index is 13.7. The smallest absolute Gasteiger partial charge is 0.230 e. The molecule has 3 rings (SSSR count). The standard InChI is InChI=1S/C27H35Cl2N3O3/c1-19(34)31(3)22-11-14-32(15-12-22)16-13-27(2,21-9-10-23(28)24(29)17-21)26(35)30-25(18-33)20-7-5-4-6-8-20/h4-10,17,22,25,33H,11-16,18H2,1-3H3,(H,30,35)/t25-,27?/m1/s1. The van der Waals surface area contributed by atoms with Crippen molar-refractivity contribution in [2.75, 3.05) is 33.3 Å². The van der Waals surface area contributed by atoms with E-state index in [1.165, 1.54) is 0 Å². The molecular formula is C27H35Cl2N3O3. The Morgan fingerprint density at radius 2 is 1.80 bits per heavy atom. The van der Waals surface area contributed by atoms with Crippen molar-refractivity contribution in [2.45, 2.75) is 50.6 Å². The van der Waals surface area contributed by atoms with E-state index >= 15 is 0 Å². The number of benzene rings is 2. The van der Waals surface area contributed by atoms with Gasteiger partial charge in [0, 0.05) is 33.1 Å².